The van der Waals surface area contributed by atoms with Crippen LogP contribution in [0.25, 0.3) is 0 Å². The summed E-state index contributed by atoms with van der Waals surface area (Å²) < 4.78 is 9.87. The van der Waals surface area contributed by atoms with E-state index in [1.807, 2.05) is 7.11 Å². The van der Waals surface area contributed by atoms with E-state index in [1.165, 1.54) is 16.9 Å². The van der Waals surface area contributed by atoms with Gasteiger partial charge in [-0.1, -0.05) is 0 Å². The average molecular weight is 575 g/mol. The number of ether oxygens (including phenoxy) is 1. The van der Waals surface area contributed by atoms with Gasteiger partial charge < -0.3 is 0 Å². The van der Waals surface area contributed by atoms with E-state index in [1.54, 1.807) is 35.1 Å². The molecule has 0 bridgehead atoms. The third-order valence-electron chi connectivity index (χ3n) is 9.11. The summed E-state index contributed by atoms with van der Waals surface area (Å²) in [5, 5.41) is 1.57. The van der Waals surface area contributed by atoms with E-state index >= 15 is 0 Å². The van der Waals surface area contributed by atoms with Gasteiger partial charge in [-0.3, -0.25) is 0 Å². The minimum absolute atomic E-state index is 0.0541. The molecule has 0 fully saturated rings. The summed E-state index contributed by atoms with van der Waals surface area (Å²) in [6.07, 6.45) is 0. The van der Waals surface area contributed by atoms with Crippen LogP contribution in [0.5, 0.6) is 5.75 Å². The Balaban J connectivity index is 3.10. The Hall–Kier alpha value is 0.0208. The Morgan fingerprint density at radius 1 is 0.750 bits per heavy atom. The van der Waals surface area contributed by atoms with E-state index in [9.17, 15) is 0 Å². The molecule has 1 aliphatic carbocycles. The van der Waals surface area contributed by atoms with Crippen LogP contribution in [0.1, 0.15) is 59.6 Å². The van der Waals surface area contributed by atoms with Gasteiger partial charge in [-0.05, 0) is 0 Å². The molecule has 36 heavy (non-hydrogen) atoms. The maximum atomic E-state index is 6.40. The molecule has 0 N–H and O–H groups in total. The van der Waals surface area contributed by atoms with Gasteiger partial charge in [0, 0.05) is 0 Å². The van der Waals surface area contributed by atoms with Gasteiger partial charge in [0.2, 0.25) is 0 Å². The molecule has 0 amide bonds. The molecule has 1 aromatic rings. The van der Waals surface area contributed by atoms with Crippen LogP contribution in [0.4, 0.5) is 0 Å². The zero-order valence-electron chi connectivity index (χ0n) is 27.1. The van der Waals surface area contributed by atoms with Crippen molar-refractivity contribution in [1.29, 1.82) is 0 Å². The van der Waals surface area contributed by atoms with Crippen molar-refractivity contribution in [2.24, 2.45) is 0 Å². The van der Waals surface area contributed by atoms with Crippen LogP contribution in [0.15, 0.2) is 34.4 Å². The van der Waals surface area contributed by atoms with Crippen LogP contribution in [0.3, 0.4) is 0 Å². The summed E-state index contributed by atoms with van der Waals surface area (Å²) in [5.74, 6) is 1.19. The predicted octanol–water partition coefficient (Wildman–Crippen LogP) is 9.81. The molecular formula is C31H57OScSi3. The van der Waals surface area contributed by atoms with E-state index < -0.39 is 45.7 Å². The van der Waals surface area contributed by atoms with Gasteiger partial charge in [0.1, 0.15) is 0 Å². The second-order valence-electron chi connectivity index (χ2n) is 15.8. The average Bonchev–Trinajstić information content (AvgIpc) is 2.85. The number of methoxy groups -OCH3 is 1. The number of allylic oxidation sites excluding steroid dienone is 4. The minimum atomic E-state index is -2.09. The van der Waals surface area contributed by atoms with Crippen LogP contribution >= 0.6 is 0 Å². The van der Waals surface area contributed by atoms with E-state index in [2.05, 4.69) is 120 Å². The van der Waals surface area contributed by atoms with Gasteiger partial charge in [-0.25, -0.2) is 0 Å². The Morgan fingerprint density at radius 3 is 1.50 bits per heavy atom. The third-order valence-corrected chi connectivity index (χ3v) is 41.4. The monoisotopic (exact) mass is 574 g/mol. The second kappa shape index (κ2) is 10.5. The van der Waals surface area contributed by atoms with Gasteiger partial charge in [0.25, 0.3) is 0 Å². The fourth-order valence-electron chi connectivity index (χ4n) is 7.58. The Morgan fingerprint density at radius 2 is 1.17 bits per heavy atom. The molecule has 0 radical (unpaired) electrons. The zero-order chi connectivity index (χ0) is 28.2. The van der Waals surface area contributed by atoms with Crippen molar-refractivity contribution in [2.45, 2.75) is 124 Å². The number of rotatable bonds is 8. The molecule has 2 rings (SSSR count). The molecule has 0 saturated carbocycles. The summed E-state index contributed by atoms with van der Waals surface area (Å²) in [4.78, 5) is 0. The fourth-order valence-corrected chi connectivity index (χ4v) is 46.2. The van der Waals surface area contributed by atoms with Crippen LogP contribution in [0, 0.1) is 6.92 Å². The fraction of sp³-hybridized carbons (Fsp3) is 0.677. The van der Waals surface area contributed by atoms with E-state index in [0.29, 0.717) is 2.79 Å². The molecule has 1 nitrogen and oxygen atoms in total. The normalized spacial score (nSPS) is 17.2. The van der Waals surface area contributed by atoms with Gasteiger partial charge in [0.15, 0.2) is 0 Å². The van der Waals surface area contributed by atoms with Crippen molar-refractivity contribution in [3.63, 3.8) is 0 Å². The summed E-state index contributed by atoms with van der Waals surface area (Å²) >= 11 is -1.93. The SMILES string of the molecule is COc1c(C(C)(C)C)cc(C)cc1[Si](C)(C)[C]1([Sc]([CH2][Si](C)(C)C)[CH2][Si](C)(C)C)C(C)=C(C)C(C)=C1C. The Kier molecular flexibility index (Phi) is 9.44. The summed E-state index contributed by atoms with van der Waals surface area (Å²) in [7, 11) is -2.65. The molecule has 0 spiro atoms. The van der Waals surface area contributed by atoms with E-state index in [-0.39, 0.29) is 5.41 Å². The van der Waals surface area contributed by atoms with Crippen LogP contribution in [-0.4, -0.2) is 31.3 Å². The first-order valence-electron chi connectivity index (χ1n) is 14.1. The van der Waals surface area contributed by atoms with Gasteiger partial charge in [0.05, 0.1) is 0 Å². The molecular weight excluding hydrogens is 518 g/mol. The maximum absolute atomic E-state index is 6.40. The first-order valence-corrected chi connectivity index (χ1v) is 27.9. The quantitative estimate of drug-likeness (QED) is 0.281. The summed E-state index contributed by atoms with van der Waals surface area (Å²) in [6.45, 7) is 40.5. The van der Waals surface area contributed by atoms with Crippen molar-refractivity contribution in [3.8, 4) is 5.75 Å². The van der Waals surface area contributed by atoms with Crippen molar-refractivity contribution >= 4 is 29.4 Å². The number of hydrogen-bond donors (Lipinski definition) is 0. The molecule has 0 saturated heterocycles. The zero-order valence-corrected chi connectivity index (χ0v) is 31.9. The summed E-state index contributed by atoms with van der Waals surface area (Å²) in [5.41, 5.74) is 9.51. The van der Waals surface area contributed by atoms with Crippen molar-refractivity contribution < 1.29 is 26.2 Å². The van der Waals surface area contributed by atoms with Crippen LogP contribution < -0.4 is 9.92 Å². The number of aryl methyl sites for hydroxylation is 1. The summed E-state index contributed by atoms with van der Waals surface area (Å²) in [6, 6.07) is 4.92. The van der Waals surface area contributed by atoms with Crippen molar-refractivity contribution in [3.05, 3.63) is 45.6 Å². The first kappa shape index (κ1) is 32.2. The van der Waals surface area contributed by atoms with Crippen molar-refractivity contribution in [1.82, 2.24) is 0 Å². The molecule has 0 aromatic heterocycles. The molecule has 0 aliphatic heterocycles. The molecule has 202 valence electrons. The van der Waals surface area contributed by atoms with Crippen LogP contribution in [-0.2, 0) is 26.9 Å². The first-order chi connectivity index (χ1) is 16.0. The molecule has 0 atom stereocenters. The molecule has 0 unspecified atom stereocenters. The van der Waals surface area contributed by atoms with Crippen molar-refractivity contribution in [2.75, 3.05) is 7.11 Å². The molecule has 1 aromatic carbocycles. The molecule has 1 aliphatic rings. The number of benzene rings is 1. The Labute approximate surface area is 236 Å². The Bertz CT molecular complexity index is 1020. The standard InChI is InChI=1S/C23H35OSi.2C4H11Si.Sc/c1-14-12-19(23(6,7)8)21(24-9)20(13-14)25(10,11)22-17(4)15(2)16(3)18(22)5;2*1-5(2,3)4;/h12-13H,1-11H3;2*1H2,2-4H3;. The van der Waals surface area contributed by atoms with Gasteiger partial charge in [-0.15, -0.1) is 0 Å². The number of hydrogen-bond acceptors (Lipinski definition) is 1. The topological polar surface area (TPSA) is 9.23 Å². The van der Waals surface area contributed by atoms with Gasteiger partial charge in [-0.2, -0.15) is 0 Å². The third kappa shape index (κ3) is 5.94. The van der Waals surface area contributed by atoms with Gasteiger partial charge >= 0.3 is 238 Å². The van der Waals surface area contributed by atoms with Crippen LogP contribution in [0.2, 0.25) is 62.8 Å². The molecule has 5 heteroatoms. The van der Waals surface area contributed by atoms with E-state index in [4.69, 9.17) is 4.74 Å². The van der Waals surface area contributed by atoms with E-state index in [0.717, 1.165) is 0 Å². The predicted molar refractivity (Wildman–Crippen MR) is 169 cm³/mol. The second-order valence-corrected chi connectivity index (χ2v) is 39.7. The molecule has 0 heterocycles.